The van der Waals surface area contributed by atoms with Gasteiger partial charge in [0.2, 0.25) is 10.0 Å². The van der Waals surface area contributed by atoms with Crippen LogP contribution in [0.2, 0.25) is 0 Å². The van der Waals surface area contributed by atoms with Crippen molar-refractivity contribution in [1.29, 1.82) is 0 Å². The molecule has 0 saturated heterocycles. The number of benzene rings is 1. The van der Waals surface area contributed by atoms with E-state index in [0.717, 1.165) is 0 Å². The molecule has 0 aliphatic carbocycles. The van der Waals surface area contributed by atoms with Crippen LogP contribution in [0.1, 0.15) is 0 Å². The fourth-order valence-electron chi connectivity index (χ4n) is 1.70. The van der Waals surface area contributed by atoms with Crippen molar-refractivity contribution in [2.75, 3.05) is 18.9 Å². The van der Waals surface area contributed by atoms with Crippen LogP contribution < -0.4 is 16.2 Å². The number of primary amides is 1. The molecule has 21 heavy (non-hydrogen) atoms. The van der Waals surface area contributed by atoms with Gasteiger partial charge in [0.25, 0.3) is 0 Å². The molecule has 8 nitrogen and oxygen atoms in total. The standard InChI is InChI=1S/C12H14N4O4S/c13-11-4-1-8-7-9(2-3-10(8)16-11)21(18,19)15-5-6-20-12(14)17/h1-4,7,15H,5-6H2,(H2,13,16)(H2,14,17). The number of sulfonamides is 1. The Morgan fingerprint density at radius 3 is 2.76 bits per heavy atom. The Labute approximate surface area is 121 Å². The lowest BCUT2D eigenvalue weighted by molar-refractivity contribution is 0.159. The number of hydrogen-bond acceptors (Lipinski definition) is 6. The van der Waals surface area contributed by atoms with Crippen LogP contribution in [0, 0.1) is 0 Å². The first-order valence-electron chi connectivity index (χ1n) is 5.97. The summed E-state index contributed by atoms with van der Waals surface area (Å²) in [5.74, 6) is 0.361. The van der Waals surface area contributed by atoms with E-state index in [9.17, 15) is 13.2 Å². The van der Waals surface area contributed by atoms with E-state index in [4.69, 9.17) is 11.5 Å². The Bertz CT molecular complexity index is 776. The van der Waals surface area contributed by atoms with Crippen molar-refractivity contribution in [3.05, 3.63) is 30.3 Å². The minimum atomic E-state index is -3.70. The molecule has 9 heteroatoms. The number of ether oxygens (including phenoxy) is 1. The number of rotatable bonds is 5. The number of amides is 1. The van der Waals surface area contributed by atoms with Crippen LogP contribution in [0.25, 0.3) is 10.9 Å². The third-order valence-electron chi connectivity index (χ3n) is 2.63. The highest BCUT2D eigenvalue weighted by molar-refractivity contribution is 7.89. The van der Waals surface area contributed by atoms with Gasteiger partial charge in [-0.15, -0.1) is 0 Å². The molecule has 1 amide bonds. The van der Waals surface area contributed by atoms with Crippen LogP contribution in [0.15, 0.2) is 35.2 Å². The zero-order valence-corrected chi connectivity index (χ0v) is 11.8. The normalized spacial score (nSPS) is 11.4. The first-order valence-corrected chi connectivity index (χ1v) is 7.45. The predicted molar refractivity (Wildman–Crippen MR) is 76.9 cm³/mol. The largest absolute Gasteiger partial charge is 0.448 e. The van der Waals surface area contributed by atoms with Crippen molar-refractivity contribution in [2.45, 2.75) is 4.90 Å². The van der Waals surface area contributed by atoms with Crippen molar-refractivity contribution >= 4 is 32.8 Å². The van der Waals surface area contributed by atoms with E-state index >= 15 is 0 Å². The summed E-state index contributed by atoms with van der Waals surface area (Å²) >= 11 is 0. The van der Waals surface area contributed by atoms with E-state index < -0.39 is 16.1 Å². The van der Waals surface area contributed by atoms with Crippen LogP contribution in [0.5, 0.6) is 0 Å². The van der Waals surface area contributed by atoms with Gasteiger partial charge in [-0.1, -0.05) is 0 Å². The van der Waals surface area contributed by atoms with Gasteiger partial charge < -0.3 is 16.2 Å². The van der Waals surface area contributed by atoms with E-state index in [0.29, 0.717) is 16.7 Å². The Morgan fingerprint density at radius 1 is 1.29 bits per heavy atom. The molecule has 0 bridgehead atoms. The lowest BCUT2D eigenvalue weighted by Gasteiger charge is -2.07. The molecule has 0 atom stereocenters. The Hall–Kier alpha value is -2.39. The first-order chi connectivity index (χ1) is 9.88. The predicted octanol–water partition coefficient (Wildman–Crippen LogP) is 0.191. The quantitative estimate of drug-likeness (QED) is 0.674. The lowest BCUT2D eigenvalue weighted by Crippen LogP contribution is -2.29. The monoisotopic (exact) mass is 310 g/mol. The topological polar surface area (TPSA) is 137 Å². The summed E-state index contributed by atoms with van der Waals surface area (Å²) in [6, 6.07) is 7.75. The summed E-state index contributed by atoms with van der Waals surface area (Å²) in [6.07, 6.45) is -0.955. The summed E-state index contributed by atoms with van der Waals surface area (Å²) < 4.78 is 30.9. The maximum absolute atomic E-state index is 12.1. The van der Waals surface area contributed by atoms with Crippen LogP contribution in [0.3, 0.4) is 0 Å². The lowest BCUT2D eigenvalue weighted by atomic mass is 10.2. The molecular formula is C12H14N4O4S. The first kappa shape index (κ1) is 15.0. The molecule has 0 spiro atoms. The van der Waals surface area contributed by atoms with Crippen molar-refractivity contribution in [3.63, 3.8) is 0 Å². The van der Waals surface area contributed by atoms with Crippen molar-refractivity contribution in [3.8, 4) is 0 Å². The third-order valence-corrected chi connectivity index (χ3v) is 4.09. The van der Waals surface area contributed by atoms with Crippen molar-refractivity contribution in [2.24, 2.45) is 5.73 Å². The summed E-state index contributed by atoms with van der Waals surface area (Å²) in [6.45, 7) is -0.205. The van der Waals surface area contributed by atoms with Gasteiger partial charge >= 0.3 is 6.09 Å². The average molecular weight is 310 g/mol. The van der Waals surface area contributed by atoms with Crippen LogP contribution in [-0.2, 0) is 14.8 Å². The molecule has 2 rings (SSSR count). The highest BCUT2D eigenvalue weighted by Gasteiger charge is 2.14. The Balaban J connectivity index is 2.16. The highest BCUT2D eigenvalue weighted by atomic mass is 32.2. The molecule has 1 aromatic carbocycles. The number of hydrogen-bond donors (Lipinski definition) is 3. The number of carbonyl (C=O) groups excluding carboxylic acids is 1. The zero-order chi connectivity index (χ0) is 15.5. The number of nitrogens with zero attached hydrogens (tertiary/aromatic N) is 1. The molecule has 1 aromatic heterocycles. The molecule has 0 unspecified atom stereocenters. The number of nitrogens with one attached hydrogen (secondary N) is 1. The minimum Gasteiger partial charge on any atom is -0.448 e. The SMILES string of the molecule is NC(=O)OCCNS(=O)(=O)c1ccc2nc(N)ccc2c1. The highest BCUT2D eigenvalue weighted by Crippen LogP contribution is 2.18. The van der Waals surface area contributed by atoms with E-state index in [1.165, 1.54) is 12.1 Å². The summed E-state index contributed by atoms with van der Waals surface area (Å²) in [4.78, 5) is 14.5. The summed E-state index contributed by atoms with van der Waals surface area (Å²) in [5, 5.41) is 0.653. The van der Waals surface area contributed by atoms with Gasteiger partial charge in [-0.2, -0.15) is 0 Å². The maximum atomic E-state index is 12.1. The Kier molecular flexibility index (Phi) is 4.24. The van der Waals surface area contributed by atoms with E-state index in [1.807, 2.05) is 0 Å². The molecule has 1 heterocycles. The molecule has 0 saturated carbocycles. The van der Waals surface area contributed by atoms with Gasteiger partial charge in [0.05, 0.1) is 10.4 Å². The smallest absolute Gasteiger partial charge is 0.404 e. The minimum absolute atomic E-state index is 0.0662. The third kappa shape index (κ3) is 3.80. The zero-order valence-electron chi connectivity index (χ0n) is 10.9. The molecule has 5 N–H and O–H groups in total. The number of anilines is 1. The number of nitrogen functional groups attached to an aromatic ring is 1. The van der Waals surface area contributed by atoms with Gasteiger partial charge in [-0.25, -0.2) is 22.9 Å². The van der Waals surface area contributed by atoms with Gasteiger partial charge in [0.15, 0.2) is 0 Å². The fraction of sp³-hybridized carbons (Fsp3) is 0.167. The molecule has 0 radical (unpaired) electrons. The molecule has 2 aromatic rings. The van der Waals surface area contributed by atoms with Gasteiger partial charge in [0, 0.05) is 11.9 Å². The van der Waals surface area contributed by atoms with Gasteiger partial charge in [-0.05, 0) is 30.3 Å². The second-order valence-corrected chi connectivity index (χ2v) is 5.92. The molecule has 0 fully saturated rings. The number of nitrogens with two attached hydrogens (primary N) is 2. The fourth-order valence-corrected chi connectivity index (χ4v) is 2.75. The number of pyridine rings is 1. The average Bonchev–Trinajstić information content (AvgIpc) is 2.43. The van der Waals surface area contributed by atoms with Crippen LogP contribution in [-0.4, -0.2) is 32.6 Å². The Morgan fingerprint density at radius 2 is 2.05 bits per heavy atom. The van der Waals surface area contributed by atoms with Crippen molar-refractivity contribution in [1.82, 2.24) is 9.71 Å². The van der Waals surface area contributed by atoms with E-state index in [2.05, 4.69) is 14.4 Å². The maximum Gasteiger partial charge on any atom is 0.404 e. The second kappa shape index (κ2) is 5.94. The number of carbonyl (C=O) groups is 1. The number of aromatic nitrogens is 1. The summed E-state index contributed by atoms with van der Waals surface area (Å²) in [5.41, 5.74) is 10.9. The van der Waals surface area contributed by atoms with Crippen molar-refractivity contribution < 1.29 is 17.9 Å². The molecule has 112 valence electrons. The number of fused-ring (bicyclic) bond motifs is 1. The summed E-state index contributed by atoms with van der Waals surface area (Å²) in [7, 11) is -3.70. The second-order valence-electron chi connectivity index (χ2n) is 4.16. The van der Waals surface area contributed by atoms with Crippen LogP contribution >= 0.6 is 0 Å². The molecular weight excluding hydrogens is 296 g/mol. The van der Waals surface area contributed by atoms with E-state index in [-0.39, 0.29) is 18.0 Å². The van der Waals surface area contributed by atoms with Crippen LogP contribution in [0.4, 0.5) is 10.6 Å². The molecule has 0 aliphatic heterocycles. The van der Waals surface area contributed by atoms with Gasteiger partial charge in [-0.3, -0.25) is 0 Å². The van der Waals surface area contributed by atoms with Gasteiger partial charge in [0.1, 0.15) is 12.4 Å². The van der Waals surface area contributed by atoms with E-state index in [1.54, 1.807) is 18.2 Å². The molecule has 0 aliphatic rings.